The number of rotatable bonds is 6. The zero-order chi connectivity index (χ0) is 24.2. The Labute approximate surface area is 200 Å². The fraction of sp³-hybridized carbons (Fsp3) is 0.320. The summed E-state index contributed by atoms with van der Waals surface area (Å²) in [6.45, 7) is -0.253. The number of para-hydroxylation sites is 1. The van der Waals surface area contributed by atoms with Gasteiger partial charge in [0.25, 0.3) is 11.8 Å². The molecule has 1 aliphatic carbocycles. The smallest absolute Gasteiger partial charge is 0.354 e. The minimum Gasteiger partial charge on any atom is -0.497 e. The minimum absolute atomic E-state index is 0.108. The van der Waals surface area contributed by atoms with Crippen LogP contribution in [0.15, 0.2) is 53.1 Å². The van der Waals surface area contributed by atoms with E-state index in [1.807, 2.05) is 0 Å². The number of hydrogen-bond donors (Lipinski definition) is 0. The number of carbonyl (C=O) groups excluding carboxylic acids is 3. The van der Waals surface area contributed by atoms with E-state index in [1.165, 1.54) is 4.90 Å². The number of hydrogen-bond acceptors (Lipinski definition) is 8. The lowest BCUT2D eigenvalue weighted by atomic mass is 9.96. The molecule has 178 valence electrons. The van der Waals surface area contributed by atoms with Gasteiger partial charge in [-0.05, 0) is 49.2 Å². The predicted octanol–water partition coefficient (Wildman–Crippen LogP) is 2.93. The lowest BCUT2D eigenvalue weighted by Gasteiger charge is -2.48. The summed E-state index contributed by atoms with van der Waals surface area (Å²) in [5.41, 5.74) is 0.0405. The molecule has 2 aliphatic heterocycles. The molecule has 3 aromatic rings. The Kier molecular flexibility index (Phi) is 4.84. The number of fused-ring (bicyclic) bond motifs is 3. The number of methoxy groups -OCH3 is 1. The maximum atomic E-state index is 13.7. The first-order valence-corrected chi connectivity index (χ1v) is 11.4. The van der Waals surface area contributed by atoms with Gasteiger partial charge in [-0.25, -0.2) is 4.79 Å². The van der Waals surface area contributed by atoms with Crippen LogP contribution in [0.2, 0.25) is 0 Å². The first-order valence-electron chi connectivity index (χ1n) is 11.4. The molecule has 10 heteroatoms. The van der Waals surface area contributed by atoms with Crippen LogP contribution in [-0.2, 0) is 20.9 Å². The zero-order valence-electron chi connectivity index (χ0n) is 19.0. The third kappa shape index (κ3) is 3.28. The van der Waals surface area contributed by atoms with Gasteiger partial charge in [-0.2, -0.15) is 4.98 Å². The number of ether oxygens (including phenoxy) is 2. The number of benzene rings is 2. The Morgan fingerprint density at radius 1 is 1.14 bits per heavy atom. The van der Waals surface area contributed by atoms with E-state index >= 15 is 0 Å². The highest BCUT2D eigenvalue weighted by molar-refractivity contribution is 6.15. The summed E-state index contributed by atoms with van der Waals surface area (Å²) in [6, 6.07) is 13.9. The topological polar surface area (TPSA) is 115 Å². The fourth-order valence-corrected chi connectivity index (χ4v) is 4.92. The molecule has 1 saturated heterocycles. The van der Waals surface area contributed by atoms with Gasteiger partial charge in [0.05, 0.1) is 18.4 Å². The standard InChI is InChI=1S/C25H22N4O6/c1-33-17-10-6-15(7-11-17)22-26-20(27-35-22)14-34-24(32)25-13-12-21(30)29(25)19-5-3-2-4-18(19)23(31)28(25)16-8-9-16/h2-7,10-11,16H,8-9,12-14H2,1H3. The lowest BCUT2D eigenvalue weighted by Crippen LogP contribution is -2.69. The second-order valence-corrected chi connectivity index (χ2v) is 8.79. The quantitative estimate of drug-likeness (QED) is 0.501. The van der Waals surface area contributed by atoms with E-state index in [-0.39, 0.29) is 49.0 Å². The van der Waals surface area contributed by atoms with E-state index in [2.05, 4.69) is 10.1 Å². The van der Waals surface area contributed by atoms with Crippen molar-refractivity contribution in [2.45, 2.75) is 44.0 Å². The maximum Gasteiger partial charge on any atom is 0.354 e. The third-order valence-electron chi connectivity index (χ3n) is 6.68. The Hall–Kier alpha value is -4.21. The monoisotopic (exact) mass is 474 g/mol. The van der Waals surface area contributed by atoms with Gasteiger partial charge in [-0.3, -0.25) is 14.5 Å². The summed E-state index contributed by atoms with van der Waals surface area (Å²) in [4.78, 5) is 47.4. The van der Waals surface area contributed by atoms with Crippen LogP contribution >= 0.6 is 0 Å². The highest BCUT2D eigenvalue weighted by Gasteiger charge is 2.64. The van der Waals surface area contributed by atoms with Crippen LogP contribution < -0.4 is 9.64 Å². The van der Waals surface area contributed by atoms with Crippen molar-refractivity contribution in [1.29, 1.82) is 0 Å². The molecular formula is C25H22N4O6. The largest absolute Gasteiger partial charge is 0.497 e. The molecule has 2 fully saturated rings. The van der Waals surface area contributed by atoms with Gasteiger partial charge in [0.2, 0.25) is 17.4 Å². The van der Waals surface area contributed by atoms with Gasteiger partial charge in [0.15, 0.2) is 6.61 Å². The average molecular weight is 474 g/mol. The molecule has 35 heavy (non-hydrogen) atoms. The van der Waals surface area contributed by atoms with Crippen molar-refractivity contribution >= 4 is 23.5 Å². The molecule has 1 aromatic heterocycles. The van der Waals surface area contributed by atoms with Gasteiger partial charge in [-0.15, -0.1) is 0 Å². The molecule has 2 amide bonds. The fourth-order valence-electron chi connectivity index (χ4n) is 4.92. The van der Waals surface area contributed by atoms with Gasteiger partial charge in [-0.1, -0.05) is 17.3 Å². The van der Waals surface area contributed by atoms with Crippen LogP contribution in [0, 0.1) is 0 Å². The van der Waals surface area contributed by atoms with Crippen LogP contribution in [0.5, 0.6) is 5.75 Å². The van der Waals surface area contributed by atoms with Crippen molar-refractivity contribution in [2.75, 3.05) is 12.0 Å². The Morgan fingerprint density at radius 3 is 2.66 bits per heavy atom. The van der Waals surface area contributed by atoms with Crippen molar-refractivity contribution in [3.63, 3.8) is 0 Å². The molecule has 1 unspecified atom stereocenters. The number of aromatic nitrogens is 2. The molecule has 1 atom stereocenters. The van der Waals surface area contributed by atoms with Crippen molar-refractivity contribution in [3.8, 4) is 17.2 Å². The number of nitrogens with zero attached hydrogens (tertiary/aromatic N) is 4. The summed E-state index contributed by atoms with van der Waals surface area (Å²) in [5, 5.41) is 3.91. The van der Waals surface area contributed by atoms with Gasteiger partial charge in [0, 0.05) is 24.4 Å². The summed E-state index contributed by atoms with van der Waals surface area (Å²) in [5.74, 6) is 0.00387. The third-order valence-corrected chi connectivity index (χ3v) is 6.68. The molecular weight excluding hydrogens is 452 g/mol. The number of carbonyl (C=O) groups is 3. The summed E-state index contributed by atoms with van der Waals surface area (Å²) < 4.78 is 16.1. The second-order valence-electron chi connectivity index (χ2n) is 8.79. The minimum atomic E-state index is -1.51. The van der Waals surface area contributed by atoms with Crippen molar-refractivity contribution in [2.24, 2.45) is 0 Å². The molecule has 3 aliphatic rings. The van der Waals surface area contributed by atoms with Gasteiger partial charge < -0.3 is 18.9 Å². The molecule has 6 rings (SSSR count). The Bertz CT molecular complexity index is 1330. The first-order chi connectivity index (χ1) is 17.0. The summed E-state index contributed by atoms with van der Waals surface area (Å²) in [7, 11) is 1.58. The van der Waals surface area contributed by atoms with Crippen LogP contribution in [0.4, 0.5) is 5.69 Å². The van der Waals surface area contributed by atoms with Crippen LogP contribution in [0.3, 0.4) is 0 Å². The maximum absolute atomic E-state index is 13.7. The first kappa shape index (κ1) is 21.3. The van der Waals surface area contributed by atoms with Gasteiger partial charge >= 0.3 is 5.97 Å². The normalized spacial score (nSPS) is 21.1. The number of amides is 2. The van der Waals surface area contributed by atoms with Crippen LogP contribution in [-0.4, -0.2) is 51.6 Å². The number of anilines is 1. The van der Waals surface area contributed by atoms with Crippen LogP contribution in [0.1, 0.15) is 41.9 Å². The Morgan fingerprint density at radius 2 is 1.91 bits per heavy atom. The average Bonchev–Trinajstić information content (AvgIpc) is 3.49. The van der Waals surface area contributed by atoms with E-state index in [0.29, 0.717) is 22.6 Å². The van der Waals surface area contributed by atoms with Crippen LogP contribution in [0.25, 0.3) is 11.5 Å². The molecule has 0 bridgehead atoms. The van der Waals surface area contributed by atoms with E-state index in [1.54, 1.807) is 60.5 Å². The molecule has 0 radical (unpaired) electrons. The van der Waals surface area contributed by atoms with E-state index < -0.39 is 11.6 Å². The summed E-state index contributed by atoms with van der Waals surface area (Å²) in [6.07, 6.45) is 1.87. The second kappa shape index (κ2) is 7.93. The van der Waals surface area contributed by atoms with Gasteiger partial charge in [0.1, 0.15) is 5.75 Å². The predicted molar refractivity (Wildman–Crippen MR) is 121 cm³/mol. The number of esters is 1. The van der Waals surface area contributed by atoms with E-state index in [0.717, 1.165) is 12.8 Å². The summed E-state index contributed by atoms with van der Waals surface area (Å²) >= 11 is 0. The lowest BCUT2D eigenvalue weighted by molar-refractivity contribution is -0.159. The Balaban J connectivity index is 1.28. The molecule has 0 N–H and O–H groups in total. The molecule has 10 nitrogen and oxygen atoms in total. The van der Waals surface area contributed by atoms with Crippen molar-refractivity contribution in [1.82, 2.24) is 15.0 Å². The molecule has 2 aromatic carbocycles. The highest BCUT2D eigenvalue weighted by Crippen LogP contribution is 2.49. The molecule has 1 saturated carbocycles. The molecule has 3 heterocycles. The van der Waals surface area contributed by atoms with E-state index in [9.17, 15) is 14.4 Å². The van der Waals surface area contributed by atoms with E-state index in [4.69, 9.17) is 14.0 Å². The zero-order valence-corrected chi connectivity index (χ0v) is 19.0. The molecule has 0 spiro atoms. The highest BCUT2D eigenvalue weighted by atomic mass is 16.5. The van der Waals surface area contributed by atoms with Crippen molar-refractivity contribution < 1.29 is 28.4 Å². The SMILES string of the molecule is COc1ccc(-c2nc(COC(=O)C34CCC(=O)N3c3ccccc3C(=O)N4C3CC3)no2)cc1. The van der Waals surface area contributed by atoms with Crippen molar-refractivity contribution in [3.05, 3.63) is 59.9 Å².